The third-order valence-corrected chi connectivity index (χ3v) is 4.79. The molecule has 0 heterocycles. The topological polar surface area (TPSA) is 38.5 Å². The second kappa shape index (κ2) is 5.43. The van der Waals surface area contributed by atoms with Crippen molar-refractivity contribution in [1.82, 2.24) is 0 Å². The van der Waals surface area contributed by atoms with E-state index in [1.54, 1.807) is 12.1 Å². The fourth-order valence-electron chi connectivity index (χ4n) is 1.84. The number of aryl methyl sites for hydroxylation is 1. The van der Waals surface area contributed by atoms with E-state index in [4.69, 9.17) is 6.57 Å². The Morgan fingerprint density at radius 1 is 1.15 bits per heavy atom. The summed E-state index contributed by atoms with van der Waals surface area (Å²) in [5, 5.41) is -1.43. The number of benzene rings is 2. The Morgan fingerprint density at radius 3 is 2.35 bits per heavy atom. The summed E-state index contributed by atoms with van der Waals surface area (Å²) >= 11 is 0. The molecule has 0 radical (unpaired) electrons. The third kappa shape index (κ3) is 2.70. The summed E-state index contributed by atoms with van der Waals surface area (Å²) in [6, 6.07) is 11.4. The smallest absolute Gasteiger partial charge is 0.291 e. The predicted molar refractivity (Wildman–Crippen MR) is 74.1 cm³/mol. The van der Waals surface area contributed by atoms with Gasteiger partial charge in [-0.2, -0.15) is 0 Å². The molecule has 1 atom stereocenters. The van der Waals surface area contributed by atoms with Gasteiger partial charge in [0, 0.05) is 0 Å². The maximum Gasteiger partial charge on any atom is 0.350 e. The van der Waals surface area contributed by atoms with E-state index in [1.807, 2.05) is 6.92 Å². The third-order valence-electron chi connectivity index (χ3n) is 2.89. The molecule has 2 aromatic carbocycles. The van der Waals surface area contributed by atoms with Crippen LogP contribution in [0.25, 0.3) is 4.85 Å². The molecule has 0 fully saturated rings. The second-order valence-corrected chi connectivity index (χ2v) is 6.40. The summed E-state index contributed by atoms with van der Waals surface area (Å²) in [5.41, 5.74) is 1.06. The van der Waals surface area contributed by atoms with Gasteiger partial charge in [0.1, 0.15) is 5.82 Å². The molecule has 3 nitrogen and oxygen atoms in total. The molecule has 0 aliphatic rings. The molecule has 2 aromatic rings. The van der Waals surface area contributed by atoms with Crippen LogP contribution in [-0.4, -0.2) is 8.42 Å². The lowest BCUT2D eigenvalue weighted by molar-refractivity contribution is 0.589. The molecule has 1 unspecified atom stereocenters. The average molecular weight is 289 g/mol. The Balaban J connectivity index is 2.51. The van der Waals surface area contributed by atoms with Gasteiger partial charge in [0.15, 0.2) is 0 Å². The van der Waals surface area contributed by atoms with Crippen LogP contribution in [0.15, 0.2) is 53.4 Å². The van der Waals surface area contributed by atoms with Gasteiger partial charge in [-0.1, -0.05) is 23.8 Å². The number of sulfone groups is 1. The highest BCUT2D eigenvalue weighted by atomic mass is 32.2. The first-order chi connectivity index (χ1) is 9.45. The standard InChI is InChI=1S/C15H12FNO2S/c1-11-6-8-14(9-7-11)20(18,19)15(17-2)12-4-3-5-13(16)10-12/h3-10,15H,1H3. The molecule has 2 rings (SSSR count). The van der Waals surface area contributed by atoms with Crippen LogP contribution in [-0.2, 0) is 9.84 Å². The van der Waals surface area contributed by atoms with Crippen LogP contribution in [0.5, 0.6) is 0 Å². The minimum Gasteiger partial charge on any atom is -0.291 e. The lowest BCUT2D eigenvalue weighted by Crippen LogP contribution is -2.11. The Morgan fingerprint density at radius 2 is 1.80 bits per heavy atom. The molecule has 20 heavy (non-hydrogen) atoms. The lowest BCUT2D eigenvalue weighted by Gasteiger charge is -2.08. The molecule has 0 aliphatic heterocycles. The zero-order valence-electron chi connectivity index (χ0n) is 10.7. The molecule has 0 aromatic heterocycles. The van der Waals surface area contributed by atoms with E-state index in [2.05, 4.69) is 4.85 Å². The highest BCUT2D eigenvalue weighted by Crippen LogP contribution is 2.30. The predicted octanol–water partition coefficient (Wildman–Crippen LogP) is 3.53. The van der Waals surface area contributed by atoms with Crippen LogP contribution in [0.1, 0.15) is 16.5 Å². The van der Waals surface area contributed by atoms with Crippen LogP contribution in [0.2, 0.25) is 0 Å². The van der Waals surface area contributed by atoms with Crippen LogP contribution < -0.4 is 0 Å². The molecule has 0 saturated heterocycles. The molecule has 0 amide bonds. The van der Waals surface area contributed by atoms with E-state index < -0.39 is 21.0 Å². The van der Waals surface area contributed by atoms with Crippen molar-refractivity contribution >= 4 is 9.84 Å². The molecular weight excluding hydrogens is 277 g/mol. The second-order valence-electron chi connectivity index (χ2n) is 4.39. The average Bonchev–Trinajstić information content (AvgIpc) is 2.40. The lowest BCUT2D eigenvalue weighted by atomic mass is 10.2. The van der Waals surface area contributed by atoms with Gasteiger partial charge < -0.3 is 0 Å². The molecule has 0 saturated carbocycles. The van der Waals surface area contributed by atoms with Crippen LogP contribution >= 0.6 is 0 Å². The Kier molecular flexibility index (Phi) is 3.86. The van der Waals surface area contributed by atoms with Gasteiger partial charge in [-0.25, -0.2) is 19.4 Å². The maximum absolute atomic E-state index is 13.2. The normalized spacial score (nSPS) is 12.7. The van der Waals surface area contributed by atoms with Crippen molar-refractivity contribution in [3.63, 3.8) is 0 Å². The van der Waals surface area contributed by atoms with E-state index in [-0.39, 0.29) is 10.5 Å². The highest BCUT2D eigenvalue weighted by molar-refractivity contribution is 7.91. The summed E-state index contributed by atoms with van der Waals surface area (Å²) in [6.07, 6.45) is 0. The van der Waals surface area contributed by atoms with E-state index >= 15 is 0 Å². The molecule has 0 bridgehead atoms. The zero-order valence-corrected chi connectivity index (χ0v) is 11.6. The summed E-state index contributed by atoms with van der Waals surface area (Å²) in [7, 11) is -3.86. The number of hydrogen-bond acceptors (Lipinski definition) is 2. The van der Waals surface area contributed by atoms with E-state index in [0.29, 0.717) is 0 Å². The van der Waals surface area contributed by atoms with Gasteiger partial charge in [0.05, 0.1) is 10.5 Å². The minimum absolute atomic E-state index is 0.0633. The summed E-state index contributed by atoms with van der Waals surface area (Å²) in [4.78, 5) is 3.23. The summed E-state index contributed by atoms with van der Waals surface area (Å²) in [6.45, 7) is 8.98. The van der Waals surface area contributed by atoms with E-state index in [1.165, 1.54) is 30.3 Å². The fraction of sp³-hybridized carbons (Fsp3) is 0.133. The van der Waals surface area contributed by atoms with E-state index in [9.17, 15) is 12.8 Å². The molecule has 0 N–H and O–H groups in total. The maximum atomic E-state index is 13.2. The number of halogens is 1. The van der Waals surface area contributed by atoms with Crippen LogP contribution in [0, 0.1) is 19.3 Å². The fourth-order valence-corrected chi connectivity index (χ4v) is 3.26. The first kappa shape index (κ1) is 14.2. The number of hydrogen-bond donors (Lipinski definition) is 0. The Hall–Kier alpha value is -2.19. The highest BCUT2D eigenvalue weighted by Gasteiger charge is 2.34. The minimum atomic E-state index is -3.86. The number of rotatable bonds is 3. The van der Waals surface area contributed by atoms with Gasteiger partial charge >= 0.3 is 5.37 Å². The first-order valence-electron chi connectivity index (χ1n) is 5.88. The Bertz CT molecular complexity index is 761. The summed E-state index contributed by atoms with van der Waals surface area (Å²) in [5.74, 6) is -0.560. The number of nitrogens with zero attached hydrogens (tertiary/aromatic N) is 1. The largest absolute Gasteiger partial charge is 0.350 e. The molecule has 102 valence electrons. The van der Waals surface area contributed by atoms with Crippen molar-refractivity contribution in [2.24, 2.45) is 0 Å². The van der Waals surface area contributed by atoms with Gasteiger partial charge in [-0.05, 0) is 37.3 Å². The van der Waals surface area contributed by atoms with Crippen molar-refractivity contribution in [3.05, 3.63) is 76.9 Å². The Labute approximate surface area is 117 Å². The van der Waals surface area contributed by atoms with Gasteiger partial charge in [-0.3, -0.25) is 4.85 Å². The van der Waals surface area contributed by atoms with Crippen molar-refractivity contribution in [2.45, 2.75) is 17.2 Å². The van der Waals surface area contributed by atoms with Gasteiger partial charge in [-0.15, -0.1) is 0 Å². The van der Waals surface area contributed by atoms with Crippen molar-refractivity contribution in [1.29, 1.82) is 0 Å². The van der Waals surface area contributed by atoms with Gasteiger partial charge in [0.2, 0.25) is 0 Å². The van der Waals surface area contributed by atoms with Gasteiger partial charge in [0.25, 0.3) is 9.84 Å². The van der Waals surface area contributed by atoms with E-state index in [0.717, 1.165) is 11.6 Å². The van der Waals surface area contributed by atoms with Crippen LogP contribution in [0.3, 0.4) is 0 Å². The first-order valence-corrected chi connectivity index (χ1v) is 7.42. The van der Waals surface area contributed by atoms with Crippen LogP contribution in [0.4, 0.5) is 4.39 Å². The quantitative estimate of drug-likeness (QED) is 0.811. The molecular formula is C15H12FNO2S. The molecule has 0 aliphatic carbocycles. The molecule has 0 spiro atoms. The van der Waals surface area contributed by atoms with Crippen molar-refractivity contribution < 1.29 is 12.8 Å². The monoisotopic (exact) mass is 289 g/mol. The van der Waals surface area contributed by atoms with Crippen molar-refractivity contribution in [3.8, 4) is 0 Å². The SMILES string of the molecule is [C-]#[N+]C(c1cccc(F)c1)S(=O)(=O)c1ccc(C)cc1. The van der Waals surface area contributed by atoms with Crippen molar-refractivity contribution in [2.75, 3.05) is 0 Å². The summed E-state index contributed by atoms with van der Waals surface area (Å²) < 4.78 is 38.1. The zero-order chi connectivity index (χ0) is 14.8. The molecule has 5 heteroatoms.